The van der Waals surface area contributed by atoms with E-state index in [4.69, 9.17) is 0 Å². The highest BCUT2D eigenvalue weighted by molar-refractivity contribution is 5.94. The van der Waals surface area contributed by atoms with Gasteiger partial charge < -0.3 is 5.32 Å². The molecule has 0 aliphatic heterocycles. The smallest absolute Gasteiger partial charge is 0.267 e. The number of carbonyl (C=O) groups excluding carboxylic acids is 1. The second kappa shape index (κ2) is 6.99. The predicted molar refractivity (Wildman–Crippen MR) is 93.4 cm³/mol. The van der Waals surface area contributed by atoms with Crippen LogP contribution in [0.15, 0.2) is 29.1 Å². The predicted octanol–water partition coefficient (Wildman–Crippen LogP) is 2.17. The van der Waals surface area contributed by atoms with Crippen molar-refractivity contribution in [2.24, 2.45) is 0 Å². The molecule has 0 saturated heterocycles. The molecule has 1 amide bonds. The average Bonchev–Trinajstić information content (AvgIpc) is 2.54. The molecule has 0 fully saturated rings. The molecule has 3 rings (SSSR count). The summed E-state index contributed by atoms with van der Waals surface area (Å²) in [5, 5.41) is 7.33. The third kappa shape index (κ3) is 3.72. The summed E-state index contributed by atoms with van der Waals surface area (Å²) in [6.07, 6.45) is 4.14. The number of rotatable bonds is 4. The zero-order chi connectivity index (χ0) is 17.1. The van der Waals surface area contributed by atoms with Gasteiger partial charge in [0.05, 0.1) is 12.2 Å². The molecular formula is C19H23N3O2. The third-order valence-corrected chi connectivity index (χ3v) is 4.37. The fourth-order valence-electron chi connectivity index (χ4n) is 3.24. The molecule has 1 aliphatic carbocycles. The number of aromatic nitrogens is 2. The van der Waals surface area contributed by atoms with Gasteiger partial charge in [0.25, 0.3) is 11.5 Å². The number of carbonyl (C=O) groups is 1. The Labute approximate surface area is 141 Å². The summed E-state index contributed by atoms with van der Waals surface area (Å²) in [6, 6.07) is 7.47. The third-order valence-electron chi connectivity index (χ3n) is 4.37. The van der Waals surface area contributed by atoms with E-state index in [-0.39, 0.29) is 11.5 Å². The molecular weight excluding hydrogens is 302 g/mol. The molecule has 1 aliphatic rings. The molecule has 5 nitrogen and oxygen atoms in total. The number of aryl methyl sites for hydroxylation is 4. The first-order valence-electron chi connectivity index (χ1n) is 8.49. The Hall–Kier alpha value is -2.43. The average molecular weight is 325 g/mol. The number of hydrogen-bond acceptors (Lipinski definition) is 3. The normalized spacial score (nSPS) is 13.4. The first-order chi connectivity index (χ1) is 11.5. The highest BCUT2D eigenvalue weighted by Crippen LogP contribution is 2.16. The fraction of sp³-hybridized carbons (Fsp3) is 0.421. The van der Waals surface area contributed by atoms with Crippen molar-refractivity contribution in [2.45, 2.75) is 46.1 Å². The summed E-state index contributed by atoms with van der Waals surface area (Å²) in [4.78, 5) is 24.4. The van der Waals surface area contributed by atoms with Crippen LogP contribution in [0.1, 0.15) is 45.6 Å². The van der Waals surface area contributed by atoms with Crippen molar-refractivity contribution in [3.63, 3.8) is 0 Å². The molecule has 0 saturated carbocycles. The number of hydrogen-bond donors (Lipinski definition) is 1. The minimum Gasteiger partial charge on any atom is -0.350 e. The lowest BCUT2D eigenvalue weighted by Gasteiger charge is -2.16. The van der Waals surface area contributed by atoms with Gasteiger partial charge in [0.2, 0.25) is 0 Å². The first kappa shape index (κ1) is 16.4. The van der Waals surface area contributed by atoms with E-state index >= 15 is 0 Å². The van der Waals surface area contributed by atoms with Gasteiger partial charge in [0, 0.05) is 18.2 Å². The van der Waals surface area contributed by atoms with Gasteiger partial charge in [0.1, 0.15) is 0 Å². The highest BCUT2D eigenvalue weighted by atomic mass is 16.1. The Balaban J connectivity index is 1.64. The van der Waals surface area contributed by atoms with Gasteiger partial charge in [0.15, 0.2) is 0 Å². The van der Waals surface area contributed by atoms with Crippen molar-refractivity contribution in [3.8, 4) is 0 Å². The highest BCUT2D eigenvalue weighted by Gasteiger charge is 2.13. The number of benzene rings is 1. The van der Waals surface area contributed by atoms with Crippen molar-refractivity contribution in [3.05, 3.63) is 62.6 Å². The maximum Gasteiger partial charge on any atom is 0.267 e. The first-order valence-corrected chi connectivity index (χ1v) is 8.49. The van der Waals surface area contributed by atoms with Crippen LogP contribution in [0, 0.1) is 13.8 Å². The van der Waals surface area contributed by atoms with Crippen LogP contribution in [0.3, 0.4) is 0 Å². The maximum absolute atomic E-state index is 12.2. The lowest BCUT2D eigenvalue weighted by molar-refractivity contribution is 0.0951. The minimum absolute atomic E-state index is 0.0868. The summed E-state index contributed by atoms with van der Waals surface area (Å²) in [5.41, 5.74) is 4.80. The largest absolute Gasteiger partial charge is 0.350 e. The summed E-state index contributed by atoms with van der Waals surface area (Å²) in [6.45, 7) is 4.72. The van der Waals surface area contributed by atoms with Crippen LogP contribution in [0.2, 0.25) is 0 Å². The number of fused-ring (bicyclic) bond motifs is 1. The molecule has 2 aromatic rings. The molecule has 1 aromatic carbocycles. The topological polar surface area (TPSA) is 64.0 Å². The maximum atomic E-state index is 12.2. The lowest BCUT2D eigenvalue weighted by Crippen LogP contribution is -2.33. The molecule has 24 heavy (non-hydrogen) atoms. The van der Waals surface area contributed by atoms with Crippen LogP contribution in [0.5, 0.6) is 0 Å². The molecule has 1 heterocycles. The van der Waals surface area contributed by atoms with Crippen LogP contribution >= 0.6 is 0 Å². The summed E-state index contributed by atoms with van der Waals surface area (Å²) in [5.74, 6) is -0.118. The molecule has 5 heteroatoms. The second-order valence-corrected chi connectivity index (χ2v) is 6.52. The van der Waals surface area contributed by atoms with E-state index in [1.165, 1.54) is 4.68 Å². The minimum atomic E-state index is -0.118. The summed E-state index contributed by atoms with van der Waals surface area (Å²) in [7, 11) is 0. The molecule has 1 N–H and O–H groups in total. The molecule has 126 valence electrons. The van der Waals surface area contributed by atoms with Gasteiger partial charge in [-0.1, -0.05) is 17.2 Å². The van der Waals surface area contributed by atoms with Crippen LogP contribution in [-0.4, -0.2) is 22.2 Å². The zero-order valence-electron chi connectivity index (χ0n) is 14.3. The van der Waals surface area contributed by atoms with E-state index in [1.807, 2.05) is 32.0 Å². The van der Waals surface area contributed by atoms with E-state index in [9.17, 15) is 9.59 Å². The fourth-order valence-corrected chi connectivity index (χ4v) is 3.24. The van der Waals surface area contributed by atoms with E-state index in [2.05, 4.69) is 10.4 Å². The lowest BCUT2D eigenvalue weighted by atomic mass is 9.97. The molecule has 0 bridgehead atoms. The van der Waals surface area contributed by atoms with E-state index in [0.29, 0.717) is 18.7 Å². The van der Waals surface area contributed by atoms with Crippen LogP contribution < -0.4 is 10.9 Å². The Bertz CT molecular complexity index is 804. The van der Waals surface area contributed by atoms with Crippen LogP contribution in [0.25, 0.3) is 0 Å². The van der Waals surface area contributed by atoms with Gasteiger partial charge in [-0.15, -0.1) is 0 Å². The van der Waals surface area contributed by atoms with Crippen LogP contribution in [0.4, 0.5) is 0 Å². The van der Waals surface area contributed by atoms with E-state index < -0.39 is 0 Å². The molecule has 1 aromatic heterocycles. The summed E-state index contributed by atoms with van der Waals surface area (Å²) >= 11 is 0. The monoisotopic (exact) mass is 325 g/mol. The van der Waals surface area contributed by atoms with E-state index in [0.717, 1.165) is 48.1 Å². The molecule has 0 radical (unpaired) electrons. The van der Waals surface area contributed by atoms with Gasteiger partial charge in [-0.05, 0) is 57.2 Å². The molecule has 0 unspecified atom stereocenters. The van der Waals surface area contributed by atoms with Crippen molar-refractivity contribution >= 4 is 5.91 Å². The SMILES string of the molecule is Cc1cc(C)cc(C(=O)NCCn2nc3c(cc2=O)CCCC3)c1. The van der Waals surface area contributed by atoms with Crippen LogP contribution in [-0.2, 0) is 19.4 Å². The van der Waals surface area contributed by atoms with Gasteiger partial charge in [-0.2, -0.15) is 5.10 Å². The second-order valence-electron chi connectivity index (χ2n) is 6.52. The van der Waals surface area contributed by atoms with Crippen molar-refractivity contribution in [2.75, 3.05) is 6.54 Å². The molecule has 0 spiro atoms. The Morgan fingerprint density at radius 1 is 1.12 bits per heavy atom. The quantitative estimate of drug-likeness (QED) is 0.937. The number of nitrogens with one attached hydrogen (secondary N) is 1. The van der Waals surface area contributed by atoms with Crippen molar-refractivity contribution < 1.29 is 4.79 Å². The number of nitrogens with zero attached hydrogens (tertiary/aromatic N) is 2. The van der Waals surface area contributed by atoms with Crippen molar-refractivity contribution in [1.82, 2.24) is 15.1 Å². The van der Waals surface area contributed by atoms with E-state index in [1.54, 1.807) is 6.07 Å². The Morgan fingerprint density at radius 3 is 2.58 bits per heavy atom. The summed E-state index contributed by atoms with van der Waals surface area (Å²) < 4.78 is 1.46. The standard InChI is InChI=1S/C19H23N3O2/c1-13-9-14(2)11-16(10-13)19(24)20-7-8-22-18(23)12-15-5-3-4-6-17(15)21-22/h9-12H,3-8H2,1-2H3,(H,20,24). The zero-order valence-corrected chi connectivity index (χ0v) is 14.3. The van der Waals surface area contributed by atoms with Gasteiger partial charge in [-0.3, -0.25) is 9.59 Å². The molecule has 0 atom stereocenters. The van der Waals surface area contributed by atoms with Gasteiger partial charge >= 0.3 is 0 Å². The van der Waals surface area contributed by atoms with Crippen molar-refractivity contribution in [1.29, 1.82) is 0 Å². The Kier molecular flexibility index (Phi) is 4.79. The number of amides is 1. The Morgan fingerprint density at radius 2 is 1.83 bits per heavy atom. The van der Waals surface area contributed by atoms with Gasteiger partial charge in [-0.25, -0.2) is 4.68 Å².